The van der Waals surface area contributed by atoms with E-state index in [1.54, 1.807) is 7.11 Å². The van der Waals surface area contributed by atoms with E-state index in [9.17, 15) is 5.11 Å². The lowest BCUT2D eigenvalue weighted by molar-refractivity contribution is -0.260. The molecule has 1 rings (SSSR count). The minimum absolute atomic E-state index is 0.0795. The molecule has 4 heteroatoms. The molecule has 78 valence electrons. The van der Waals surface area contributed by atoms with Gasteiger partial charge >= 0.3 is 0 Å². The Balaban J connectivity index is 2.66. The third-order valence-electron chi connectivity index (χ3n) is 2.90. The van der Waals surface area contributed by atoms with Crippen molar-refractivity contribution in [2.75, 3.05) is 13.7 Å². The van der Waals surface area contributed by atoms with Gasteiger partial charge in [-0.2, -0.15) is 0 Å². The summed E-state index contributed by atoms with van der Waals surface area (Å²) in [6, 6.07) is 0. The SMILES string of the molecule is CO[C@@H]1OC(CO)[C@@H](O)C(C)C1C. The molecule has 1 saturated heterocycles. The average molecular weight is 190 g/mol. The Hall–Kier alpha value is -0.160. The molecule has 1 aliphatic rings. The predicted octanol–water partition coefficient (Wildman–Crippen LogP) is -0.0169. The van der Waals surface area contributed by atoms with E-state index in [0.29, 0.717) is 0 Å². The molecule has 13 heavy (non-hydrogen) atoms. The van der Waals surface area contributed by atoms with Gasteiger partial charge in [0.05, 0.1) is 12.7 Å². The van der Waals surface area contributed by atoms with Gasteiger partial charge in [-0.15, -0.1) is 0 Å². The van der Waals surface area contributed by atoms with Crippen LogP contribution in [0.2, 0.25) is 0 Å². The fourth-order valence-corrected chi connectivity index (χ4v) is 1.70. The van der Waals surface area contributed by atoms with Gasteiger partial charge < -0.3 is 19.7 Å². The number of methoxy groups -OCH3 is 1. The Morgan fingerprint density at radius 2 is 1.92 bits per heavy atom. The number of hydrogen-bond acceptors (Lipinski definition) is 4. The van der Waals surface area contributed by atoms with Crippen LogP contribution in [0, 0.1) is 11.8 Å². The number of hydrogen-bond donors (Lipinski definition) is 2. The highest BCUT2D eigenvalue weighted by Gasteiger charge is 2.40. The van der Waals surface area contributed by atoms with Crippen molar-refractivity contribution in [3.05, 3.63) is 0 Å². The number of ether oxygens (including phenoxy) is 2. The second-order valence-electron chi connectivity index (χ2n) is 3.67. The first kappa shape index (κ1) is 10.9. The molecule has 0 spiro atoms. The molecule has 4 nitrogen and oxygen atoms in total. The lowest BCUT2D eigenvalue weighted by atomic mass is 9.85. The Kier molecular flexibility index (Phi) is 3.67. The van der Waals surface area contributed by atoms with Crippen LogP contribution in [0.1, 0.15) is 13.8 Å². The maximum Gasteiger partial charge on any atom is 0.160 e. The Bertz CT molecular complexity index is 142. The van der Waals surface area contributed by atoms with E-state index in [2.05, 4.69) is 0 Å². The van der Waals surface area contributed by atoms with Crippen molar-refractivity contribution >= 4 is 0 Å². The molecule has 1 heterocycles. The van der Waals surface area contributed by atoms with E-state index in [-0.39, 0.29) is 24.7 Å². The van der Waals surface area contributed by atoms with Crippen molar-refractivity contribution in [3.8, 4) is 0 Å². The summed E-state index contributed by atoms with van der Waals surface area (Å²) in [6.07, 6.45) is -1.45. The van der Waals surface area contributed by atoms with Crippen LogP contribution in [-0.4, -0.2) is 42.4 Å². The zero-order valence-electron chi connectivity index (χ0n) is 8.30. The summed E-state index contributed by atoms with van der Waals surface area (Å²) >= 11 is 0. The molecule has 1 aliphatic heterocycles. The largest absolute Gasteiger partial charge is 0.394 e. The summed E-state index contributed by atoms with van der Waals surface area (Å²) in [5.41, 5.74) is 0. The second kappa shape index (κ2) is 4.37. The molecule has 0 bridgehead atoms. The van der Waals surface area contributed by atoms with Crippen molar-refractivity contribution in [2.45, 2.75) is 32.3 Å². The molecule has 2 N–H and O–H groups in total. The highest BCUT2D eigenvalue weighted by Crippen LogP contribution is 2.30. The van der Waals surface area contributed by atoms with Gasteiger partial charge in [0.25, 0.3) is 0 Å². The van der Waals surface area contributed by atoms with Crippen LogP contribution in [0.3, 0.4) is 0 Å². The first-order valence-electron chi connectivity index (χ1n) is 4.59. The Labute approximate surface area is 78.5 Å². The van der Waals surface area contributed by atoms with Crippen LogP contribution < -0.4 is 0 Å². The van der Waals surface area contributed by atoms with Gasteiger partial charge in [-0.1, -0.05) is 13.8 Å². The fraction of sp³-hybridized carbons (Fsp3) is 1.00. The van der Waals surface area contributed by atoms with E-state index in [0.717, 1.165) is 0 Å². The lowest BCUT2D eigenvalue weighted by Gasteiger charge is -2.41. The first-order valence-corrected chi connectivity index (χ1v) is 4.59. The van der Waals surface area contributed by atoms with Crippen LogP contribution in [0.15, 0.2) is 0 Å². The zero-order valence-corrected chi connectivity index (χ0v) is 8.30. The third kappa shape index (κ3) is 2.02. The van der Waals surface area contributed by atoms with E-state index < -0.39 is 12.2 Å². The molecule has 0 radical (unpaired) electrons. The van der Waals surface area contributed by atoms with Crippen molar-refractivity contribution in [2.24, 2.45) is 11.8 Å². The minimum Gasteiger partial charge on any atom is -0.394 e. The Morgan fingerprint density at radius 1 is 1.31 bits per heavy atom. The minimum atomic E-state index is -0.605. The molecule has 0 aliphatic carbocycles. The summed E-state index contributed by atoms with van der Waals surface area (Å²) < 4.78 is 10.5. The fourth-order valence-electron chi connectivity index (χ4n) is 1.70. The average Bonchev–Trinajstić information content (AvgIpc) is 2.15. The molecule has 0 saturated carbocycles. The predicted molar refractivity (Wildman–Crippen MR) is 47.1 cm³/mol. The van der Waals surface area contributed by atoms with E-state index in [4.69, 9.17) is 14.6 Å². The quantitative estimate of drug-likeness (QED) is 0.642. The maximum atomic E-state index is 9.68. The summed E-state index contributed by atoms with van der Waals surface area (Å²) in [6.45, 7) is 3.74. The molecule has 0 aromatic rings. The summed E-state index contributed by atoms with van der Waals surface area (Å²) in [7, 11) is 1.57. The van der Waals surface area contributed by atoms with Crippen molar-refractivity contribution < 1.29 is 19.7 Å². The molecule has 3 unspecified atom stereocenters. The van der Waals surface area contributed by atoms with E-state index in [1.165, 1.54) is 0 Å². The van der Waals surface area contributed by atoms with Crippen LogP contribution in [-0.2, 0) is 9.47 Å². The van der Waals surface area contributed by atoms with Gasteiger partial charge in [-0.25, -0.2) is 0 Å². The van der Waals surface area contributed by atoms with Gasteiger partial charge in [-0.3, -0.25) is 0 Å². The van der Waals surface area contributed by atoms with Crippen LogP contribution in [0.25, 0.3) is 0 Å². The summed E-state index contributed by atoms with van der Waals surface area (Å²) in [4.78, 5) is 0. The molecular weight excluding hydrogens is 172 g/mol. The van der Waals surface area contributed by atoms with E-state index in [1.807, 2.05) is 13.8 Å². The van der Waals surface area contributed by atoms with Crippen molar-refractivity contribution in [1.29, 1.82) is 0 Å². The summed E-state index contributed by atoms with van der Waals surface area (Å²) in [5, 5.41) is 18.6. The maximum absolute atomic E-state index is 9.68. The monoisotopic (exact) mass is 190 g/mol. The van der Waals surface area contributed by atoms with Gasteiger partial charge in [0.2, 0.25) is 0 Å². The van der Waals surface area contributed by atoms with Crippen LogP contribution in [0.4, 0.5) is 0 Å². The molecule has 0 amide bonds. The highest BCUT2D eigenvalue weighted by atomic mass is 16.7. The summed E-state index contributed by atoms with van der Waals surface area (Å²) in [5.74, 6) is 0.221. The van der Waals surface area contributed by atoms with Crippen molar-refractivity contribution in [3.63, 3.8) is 0 Å². The lowest BCUT2D eigenvalue weighted by Crippen LogP contribution is -2.51. The zero-order chi connectivity index (χ0) is 10.0. The third-order valence-corrected chi connectivity index (χ3v) is 2.90. The highest BCUT2D eigenvalue weighted by molar-refractivity contribution is 4.84. The Morgan fingerprint density at radius 3 is 2.38 bits per heavy atom. The number of rotatable bonds is 2. The molecule has 5 atom stereocenters. The first-order chi connectivity index (χ1) is 6.11. The second-order valence-corrected chi connectivity index (χ2v) is 3.67. The smallest absolute Gasteiger partial charge is 0.160 e. The van der Waals surface area contributed by atoms with Gasteiger partial charge in [-0.05, 0) is 5.92 Å². The molecular formula is C9H18O4. The normalized spacial score (nSPS) is 46.4. The number of aliphatic hydroxyl groups excluding tert-OH is 2. The standard InChI is InChI=1S/C9H18O4/c1-5-6(2)9(12-3)13-7(4-10)8(5)11/h5-11H,4H2,1-3H3/t5?,6?,7?,8-,9+/m0/s1. The van der Waals surface area contributed by atoms with Crippen LogP contribution >= 0.6 is 0 Å². The molecule has 0 aromatic carbocycles. The van der Waals surface area contributed by atoms with Gasteiger partial charge in [0.1, 0.15) is 6.10 Å². The van der Waals surface area contributed by atoms with Crippen molar-refractivity contribution in [1.82, 2.24) is 0 Å². The topological polar surface area (TPSA) is 58.9 Å². The molecule has 0 aromatic heterocycles. The van der Waals surface area contributed by atoms with Gasteiger partial charge in [0.15, 0.2) is 6.29 Å². The van der Waals surface area contributed by atoms with Crippen LogP contribution in [0.5, 0.6) is 0 Å². The number of aliphatic hydroxyl groups is 2. The van der Waals surface area contributed by atoms with E-state index >= 15 is 0 Å². The molecule has 1 fully saturated rings. The van der Waals surface area contributed by atoms with Gasteiger partial charge in [0, 0.05) is 13.0 Å².